The summed E-state index contributed by atoms with van der Waals surface area (Å²) in [5.41, 5.74) is 8.84. The Balaban J connectivity index is 2.60. The van der Waals surface area contributed by atoms with Crippen molar-refractivity contribution in [2.24, 2.45) is 5.73 Å². The quantitative estimate of drug-likeness (QED) is 0.691. The predicted molar refractivity (Wildman–Crippen MR) is 54.2 cm³/mol. The van der Waals surface area contributed by atoms with E-state index in [4.69, 9.17) is 5.73 Å². The molecular weight excluding hydrogens is 185 g/mol. The summed E-state index contributed by atoms with van der Waals surface area (Å²) in [6.07, 6.45) is 0. The van der Waals surface area contributed by atoms with Crippen molar-refractivity contribution in [1.82, 2.24) is 0 Å². The van der Waals surface area contributed by atoms with Gasteiger partial charge in [-0.3, -0.25) is 0 Å². The average Bonchev–Trinajstić information content (AvgIpc) is 2.12. The molecule has 0 fully saturated rings. The third-order valence-electron chi connectivity index (χ3n) is 2.45. The van der Waals surface area contributed by atoms with Crippen molar-refractivity contribution in [1.29, 1.82) is 0 Å². The second-order valence-electron chi connectivity index (χ2n) is 3.38. The van der Waals surface area contributed by atoms with Crippen molar-refractivity contribution < 1.29 is 4.39 Å². The molecule has 0 saturated carbocycles. The molecule has 1 aromatic carbocycles. The van der Waals surface area contributed by atoms with Crippen LogP contribution in [0.5, 0.6) is 0 Å². The number of benzene rings is 1. The number of rotatable bonds is 0. The zero-order chi connectivity index (χ0) is 9.42. The highest BCUT2D eigenvalue weighted by atomic mass is 32.2. The van der Waals surface area contributed by atoms with Crippen LogP contribution in [-0.4, -0.2) is 5.75 Å². The van der Waals surface area contributed by atoms with Crippen molar-refractivity contribution in [2.45, 2.75) is 18.7 Å². The molecule has 0 bridgehead atoms. The first kappa shape index (κ1) is 9.03. The third kappa shape index (κ3) is 1.46. The van der Waals surface area contributed by atoms with Gasteiger partial charge < -0.3 is 5.73 Å². The molecule has 70 valence electrons. The summed E-state index contributed by atoms with van der Waals surface area (Å²) in [6, 6.07) is 3.21. The molecule has 0 aromatic heterocycles. The molecule has 3 heteroatoms. The molecule has 0 radical (unpaired) electrons. The van der Waals surface area contributed by atoms with Crippen LogP contribution in [0.15, 0.2) is 12.1 Å². The number of nitrogens with two attached hydrogens (primary N) is 1. The van der Waals surface area contributed by atoms with Crippen LogP contribution in [0.3, 0.4) is 0 Å². The van der Waals surface area contributed by atoms with Crippen LogP contribution in [0.25, 0.3) is 0 Å². The third-order valence-corrected chi connectivity index (χ3v) is 3.54. The Kier molecular flexibility index (Phi) is 2.30. The van der Waals surface area contributed by atoms with Gasteiger partial charge in [-0.05, 0) is 24.1 Å². The first-order valence-electron chi connectivity index (χ1n) is 4.31. The lowest BCUT2D eigenvalue weighted by molar-refractivity contribution is 0.589. The average molecular weight is 197 g/mol. The molecule has 0 unspecified atom stereocenters. The smallest absolute Gasteiger partial charge is 0.128 e. The van der Waals surface area contributed by atoms with E-state index in [1.165, 1.54) is 6.07 Å². The molecule has 0 amide bonds. The predicted octanol–water partition coefficient (Wildman–Crippen LogP) is 2.38. The molecule has 1 aliphatic rings. The molecular formula is C10H12FNS. The Hall–Kier alpha value is -0.540. The van der Waals surface area contributed by atoms with Gasteiger partial charge in [-0.15, -0.1) is 0 Å². The van der Waals surface area contributed by atoms with Crippen molar-refractivity contribution in [3.8, 4) is 0 Å². The lowest BCUT2D eigenvalue weighted by atomic mass is 9.97. The van der Waals surface area contributed by atoms with Gasteiger partial charge in [0, 0.05) is 23.1 Å². The minimum Gasteiger partial charge on any atom is -0.323 e. The second kappa shape index (κ2) is 3.31. The summed E-state index contributed by atoms with van der Waals surface area (Å²) < 4.78 is 13.4. The monoisotopic (exact) mass is 197 g/mol. The van der Waals surface area contributed by atoms with E-state index in [1.54, 1.807) is 11.8 Å². The van der Waals surface area contributed by atoms with Gasteiger partial charge in [0.05, 0.1) is 0 Å². The van der Waals surface area contributed by atoms with Gasteiger partial charge in [-0.2, -0.15) is 11.8 Å². The van der Waals surface area contributed by atoms with E-state index in [2.05, 4.69) is 0 Å². The van der Waals surface area contributed by atoms with Crippen LogP contribution in [0.4, 0.5) is 4.39 Å². The van der Waals surface area contributed by atoms with Gasteiger partial charge in [-0.1, -0.05) is 6.07 Å². The number of hydrogen-bond acceptors (Lipinski definition) is 2. The molecule has 1 aromatic rings. The Bertz CT molecular complexity index is 338. The van der Waals surface area contributed by atoms with E-state index in [0.29, 0.717) is 0 Å². The maximum atomic E-state index is 13.4. The fourth-order valence-corrected chi connectivity index (χ4v) is 2.83. The van der Waals surface area contributed by atoms with Crippen molar-refractivity contribution in [3.05, 3.63) is 34.6 Å². The largest absolute Gasteiger partial charge is 0.323 e. The summed E-state index contributed by atoms with van der Waals surface area (Å²) in [4.78, 5) is 0. The van der Waals surface area contributed by atoms with Gasteiger partial charge in [0.25, 0.3) is 0 Å². The second-order valence-corrected chi connectivity index (χ2v) is 4.41. The molecule has 1 heterocycles. The van der Waals surface area contributed by atoms with Crippen LogP contribution < -0.4 is 5.73 Å². The molecule has 1 nitrogen and oxygen atoms in total. The van der Waals surface area contributed by atoms with E-state index in [1.807, 2.05) is 13.0 Å². The zero-order valence-electron chi connectivity index (χ0n) is 7.51. The molecule has 1 aliphatic heterocycles. The summed E-state index contributed by atoms with van der Waals surface area (Å²) in [5, 5.41) is 0. The van der Waals surface area contributed by atoms with Crippen molar-refractivity contribution >= 4 is 11.8 Å². The molecule has 13 heavy (non-hydrogen) atoms. The van der Waals surface area contributed by atoms with Gasteiger partial charge in [0.2, 0.25) is 0 Å². The molecule has 2 N–H and O–H groups in total. The summed E-state index contributed by atoms with van der Waals surface area (Å²) in [6.45, 7) is 2.01. The van der Waals surface area contributed by atoms with E-state index in [-0.39, 0.29) is 11.9 Å². The molecule has 0 saturated heterocycles. The topological polar surface area (TPSA) is 26.0 Å². The first-order chi connectivity index (χ1) is 6.20. The van der Waals surface area contributed by atoms with E-state index < -0.39 is 0 Å². The van der Waals surface area contributed by atoms with Crippen LogP contribution in [0.2, 0.25) is 0 Å². The summed E-state index contributed by atoms with van der Waals surface area (Å²) in [5.74, 6) is 1.58. The van der Waals surface area contributed by atoms with Gasteiger partial charge >= 0.3 is 0 Å². The van der Waals surface area contributed by atoms with Crippen LogP contribution in [0.1, 0.15) is 22.7 Å². The van der Waals surface area contributed by atoms with Gasteiger partial charge in [0.1, 0.15) is 5.82 Å². The molecule has 1 atom stereocenters. The number of halogens is 1. The highest BCUT2D eigenvalue weighted by Crippen LogP contribution is 2.33. The standard InChI is InChI=1S/C10H12FNS/c1-6-2-3-8(11)10-7(6)4-13-5-9(10)12/h2-3,9H,4-5,12H2,1H3/t9-/m0/s1. The Morgan fingerprint density at radius 2 is 2.31 bits per heavy atom. The zero-order valence-corrected chi connectivity index (χ0v) is 8.33. The van der Waals surface area contributed by atoms with Crippen molar-refractivity contribution in [3.63, 3.8) is 0 Å². The van der Waals surface area contributed by atoms with E-state index in [9.17, 15) is 4.39 Å². The van der Waals surface area contributed by atoms with Gasteiger partial charge in [-0.25, -0.2) is 4.39 Å². The maximum Gasteiger partial charge on any atom is 0.128 e. The molecule has 0 spiro atoms. The van der Waals surface area contributed by atoms with E-state index in [0.717, 1.165) is 28.2 Å². The normalized spacial score (nSPS) is 21.3. The minimum atomic E-state index is -0.145. The SMILES string of the molecule is Cc1ccc(F)c2c1CSC[C@@H]2N. The lowest BCUT2D eigenvalue weighted by Gasteiger charge is -2.23. The summed E-state index contributed by atoms with van der Waals surface area (Å²) >= 11 is 1.78. The van der Waals surface area contributed by atoms with Gasteiger partial charge in [0.15, 0.2) is 0 Å². The Labute approximate surface area is 81.5 Å². The van der Waals surface area contributed by atoms with Crippen LogP contribution in [0, 0.1) is 12.7 Å². The summed E-state index contributed by atoms with van der Waals surface area (Å²) in [7, 11) is 0. The number of thioether (sulfide) groups is 1. The van der Waals surface area contributed by atoms with E-state index >= 15 is 0 Å². The Morgan fingerprint density at radius 3 is 3.00 bits per heavy atom. The van der Waals surface area contributed by atoms with Crippen molar-refractivity contribution in [2.75, 3.05) is 5.75 Å². The Morgan fingerprint density at radius 1 is 1.54 bits per heavy atom. The molecule has 0 aliphatic carbocycles. The number of hydrogen-bond donors (Lipinski definition) is 1. The highest BCUT2D eigenvalue weighted by molar-refractivity contribution is 7.98. The number of aryl methyl sites for hydroxylation is 1. The maximum absolute atomic E-state index is 13.4. The first-order valence-corrected chi connectivity index (χ1v) is 5.47. The number of fused-ring (bicyclic) bond motifs is 1. The fourth-order valence-electron chi connectivity index (χ4n) is 1.71. The van der Waals surface area contributed by atoms with Crippen LogP contribution >= 0.6 is 11.8 Å². The molecule has 2 rings (SSSR count). The van der Waals surface area contributed by atoms with Crippen LogP contribution in [-0.2, 0) is 5.75 Å². The highest BCUT2D eigenvalue weighted by Gasteiger charge is 2.21. The fraction of sp³-hybridized carbons (Fsp3) is 0.400. The lowest BCUT2D eigenvalue weighted by Crippen LogP contribution is -2.21. The minimum absolute atomic E-state index is 0.131.